The summed E-state index contributed by atoms with van der Waals surface area (Å²) in [6.07, 6.45) is 1.22. The summed E-state index contributed by atoms with van der Waals surface area (Å²) in [7, 11) is 0. The van der Waals surface area contributed by atoms with E-state index in [1.54, 1.807) is 0 Å². The molecule has 1 aliphatic heterocycles. The van der Waals surface area contributed by atoms with Gasteiger partial charge < -0.3 is 5.73 Å². The van der Waals surface area contributed by atoms with Crippen LogP contribution >= 0.6 is 27.5 Å². The Kier molecular flexibility index (Phi) is 4.37. The van der Waals surface area contributed by atoms with Crippen molar-refractivity contribution in [2.24, 2.45) is 11.1 Å². The summed E-state index contributed by atoms with van der Waals surface area (Å²) in [4.78, 5) is 2.45. The number of hydrogen-bond acceptors (Lipinski definition) is 2. The van der Waals surface area contributed by atoms with Crippen molar-refractivity contribution < 1.29 is 0 Å². The molecular weight excluding hydrogens is 312 g/mol. The fraction of sp³-hybridized carbons (Fsp3) is 0.571. The Balaban J connectivity index is 2.23. The van der Waals surface area contributed by atoms with Crippen molar-refractivity contribution in [1.29, 1.82) is 0 Å². The molecule has 18 heavy (non-hydrogen) atoms. The summed E-state index contributed by atoms with van der Waals surface area (Å²) in [5.74, 6) is 0. The van der Waals surface area contributed by atoms with E-state index in [-0.39, 0.29) is 6.04 Å². The summed E-state index contributed by atoms with van der Waals surface area (Å²) in [5, 5.41) is 0.796. The van der Waals surface area contributed by atoms with Crippen molar-refractivity contribution in [1.82, 2.24) is 4.90 Å². The first-order chi connectivity index (χ1) is 8.43. The Hall–Kier alpha value is -0.0900. The van der Waals surface area contributed by atoms with E-state index in [0.29, 0.717) is 12.0 Å². The lowest BCUT2D eigenvalue weighted by Gasteiger charge is -2.29. The molecule has 0 spiro atoms. The van der Waals surface area contributed by atoms with Gasteiger partial charge >= 0.3 is 0 Å². The Morgan fingerprint density at radius 1 is 1.50 bits per heavy atom. The third-order valence-corrected chi connectivity index (χ3v) is 4.51. The monoisotopic (exact) mass is 330 g/mol. The lowest BCUT2D eigenvalue weighted by Crippen LogP contribution is -2.33. The van der Waals surface area contributed by atoms with Gasteiger partial charge in [-0.25, -0.2) is 0 Å². The Morgan fingerprint density at radius 2 is 2.22 bits per heavy atom. The summed E-state index contributed by atoms with van der Waals surface area (Å²) in [6, 6.07) is 6.29. The van der Waals surface area contributed by atoms with Crippen LogP contribution in [0.4, 0.5) is 0 Å². The van der Waals surface area contributed by atoms with Gasteiger partial charge in [0.15, 0.2) is 0 Å². The zero-order valence-corrected chi connectivity index (χ0v) is 13.3. The Morgan fingerprint density at radius 3 is 2.72 bits per heavy atom. The van der Waals surface area contributed by atoms with Crippen molar-refractivity contribution in [3.63, 3.8) is 0 Å². The number of nitrogens with two attached hydrogens (primary N) is 1. The molecule has 1 unspecified atom stereocenters. The van der Waals surface area contributed by atoms with Gasteiger partial charge in [-0.15, -0.1) is 0 Å². The van der Waals surface area contributed by atoms with Gasteiger partial charge in [0, 0.05) is 28.6 Å². The minimum Gasteiger partial charge on any atom is -0.329 e. The van der Waals surface area contributed by atoms with E-state index >= 15 is 0 Å². The lowest BCUT2D eigenvalue weighted by molar-refractivity contribution is 0.223. The first-order valence-corrected chi connectivity index (χ1v) is 7.49. The highest BCUT2D eigenvalue weighted by Crippen LogP contribution is 2.36. The molecule has 1 aromatic carbocycles. The molecule has 4 heteroatoms. The number of nitrogens with zero attached hydrogens (tertiary/aromatic N) is 1. The minimum atomic E-state index is 0.229. The van der Waals surface area contributed by atoms with E-state index in [9.17, 15) is 0 Å². The quantitative estimate of drug-likeness (QED) is 0.912. The fourth-order valence-corrected chi connectivity index (χ4v) is 3.46. The zero-order chi connectivity index (χ0) is 13.3. The molecule has 2 N–H and O–H groups in total. The van der Waals surface area contributed by atoms with Crippen molar-refractivity contribution in [2.45, 2.75) is 26.3 Å². The van der Waals surface area contributed by atoms with Gasteiger partial charge in [-0.3, -0.25) is 4.90 Å². The third-order valence-electron chi connectivity index (χ3n) is 3.69. The van der Waals surface area contributed by atoms with Crippen LogP contribution in [0, 0.1) is 5.41 Å². The average Bonchev–Trinajstić information content (AvgIpc) is 2.63. The van der Waals surface area contributed by atoms with Crippen LogP contribution in [0.2, 0.25) is 5.02 Å². The van der Waals surface area contributed by atoms with E-state index in [1.165, 1.54) is 6.42 Å². The van der Waals surface area contributed by atoms with Crippen molar-refractivity contribution in [3.8, 4) is 0 Å². The molecule has 0 radical (unpaired) electrons. The summed E-state index contributed by atoms with van der Waals surface area (Å²) in [5.41, 5.74) is 7.49. The third kappa shape index (κ3) is 3.08. The molecule has 0 bridgehead atoms. The first-order valence-electron chi connectivity index (χ1n) is 6.32. The van der Waals surface area contributed by atoms with Crippen LogP contribution in [0.3, 0.4) is 0 Å². The van der Waals surface area contributed by atoms with Gasteiger partial charge in [0.05, 0.1) is 0 Å². The molecule has 0 aromatic heterocycles. The van der Waals surface area contributed by atoms with Crippen LogP contribution in [0.1, 0.15) is 31.9 Å². The number of likely N-dealkylation sites (tertiary alicyclic amines) is 1. The van der Waals surface area contributed by atoms with Gasteiger partial charge in [0.2, 0.25) is 0 Å². The molecule has 2 rings (SSSR count). The van der Waals surface area contributed by atoms with E-state index in [0.717, 1.165) is 28.1 Å². The largest absolute Gasteiger partial charge is 0.329 e. The van der Waals surface area contributed by atoms with E-state index in [4.69, 9.17) is 17.3 Å². The zero-order valence-electron chi connectivity index (χ0n) is 10.9. The van der Waals surface area contributed by atoms with Crippen LogP contribution in [-0.2, 0) is 0 Å². The normalized spacial score (nSPS) is 21.2. The predicted molar refractivity (Wildman–Crippen MR) is 80.9 cm³/mol. The second-order valence-electron chi connectivity index (χ2n) is 5.80. The molecule has 2 nitrogen and oxygen atoms in total. The van der Waals surface area contributed by atoms with Gasteiger partial charge in [0.25, 0.3) is 0 Å². The maximum atomic E-state index is 6.34. The van der Waals surface area contributed by atoms with Crippen LogP contribution in [-0.4, -0.2) is 24.5 Å². The van der Waals surface area contributed by atoms with Crippen molar-refractivity contribution >= 4 is 27.5 Å². The van der Waals surface area contributed by atoms with Crippen molar-refractivity contribution in [2.75, 3.05) is 19.6 Å². The molecule has 1 heterocycles. The highest BCUT2D eigenvalue weighted by molar-refractivity contribution is 9.10. The highest BCUT2D eigenvalue weighted by atomic mass is 79.9. The number of halogens is 2. The molecule has 1 saturated heterocycles. The molecule has 0 saturated carbocycles. The second kappa shape index (κ2) is 5.49. The maximum absolute atomic E-state index is 6.34. The SMILES string of the molecule is CC1(C)CCN(C(CN)c2ccc(Br)cc2Cl)C1. The summed E-state index contributed by atoms with van der Waals surface area (Å²) in [6.45, 7) is 7.41. The molecule has 1 fully saturated rings. The van der Waals surface area contributed by atoms with E-state index in [1.807, 2.05) is 12.1 Å². The lowest BCUT2D eigenvalue weighted by atomic mass is 9.93. The van der Waals surface area contributed by atoms with Crippen LogP contribution in [0.5, 0.6) is 0 Å². The van der Waals surface area contributed by atoms with E-state index < -0.39 is 0 Å². The van der Waals surface area contributed by atoms with E-state index in [2.05, 4.69) is 40.7 Å². The second-order valence-corrected chi connectivity index (χ2v) is 7.12. The minimum absolute atomic E-state index is 0.229. The predicted octanol–water partition coefficient (Wildman–Crippen LogP) is 3.83. The molecule has 0 amide bonds. The standard InChI is InChI=1S/C14H20BrClN2/c1-14(2)5-6-18(9-14)13(8-17)11-4-3-10(15)7-12(11)16/h3-4,7,13H,5-6,8-9,17H2,1-2H3. The summed E-state index contributed by atoms with van der Waals surface area (Å²) >= 11 is 9.78. The Labute approximate surface area is 123 Å². The van der Waals surface area contributed by atoms with Crippen LogP contribution < -0.4 is 5.73 Å². The van der Waals surface area contributed by atoms with Gasteiger partial charge in [-0.1, -0.05) is 47.4 Å². The molecule has 1 atom stereocenters. The first kappa shape index (κ1) is 14.3. The van der Waals surface area contributed by atoms with Gasteiger partial charge in [-0.05, 0) is 36.1 Å². The molecule has 0 aliphatic carbocycles. The average molecular weight is 332 g/mol. The fourth-order valence-electron chi connectivity index (χ4n) is 2.66. The number of rotatable bonds is 3. The maximum Gasteiger partial charge on any atom is 0.0485 e. The van der Waals surface area contributed by atoms with Crippen molar-refractivity contribution in [3.05, 3.63) is 33.3 Å². The smallest absolute Gasteiger partial charge is 0.0485 e. The van der Waals surface area contributed by atoms with Gasteiger partial charge in [-0.2, -0.15) is 0 Å². The van der Waals surface area contributed by atoms with Gasteiger partial charge in [0.1, 0.15) is 0 Å². The molecule has 100 valence electrons. The molecular formula is C14H20BrClN2. The number of benzene rings is 1. The molecule has 1 aliphatic rings. The molecule has 1 aromatic rings. The topological polar surface area (TPSA) is 29.3 Å². The van der Waals surface area contributed by atoms with Crippen LogP contribution in [0.15, 0.2) is 22.7 Å². The summed E-state index contributed by atoms with van der Waals surface area (Å²) < 4.78 is 1.01. The Bertz CT molecular complexity index is 434. The van der Waals surface area contributed by atoms with Crippen LogP contribution in [0.25, 0.3) is 0 Å². The highest BCUT2D eigenvalue weighted by Gasteiger charge is 2.33. The number of hydrogen-bond donors (Lipinski definition) is 1.